The van der Waals surface area contributed by atoms with Crippen LogP contribution in [0.15, 0.2) is 46.8 Å². The number of ether oxygens (including phenoxy) is 2. The zero-order chi connectivity index (χ0) is 25.2. The van der Waals surface area contributed by atoms with Crippen LogP contribution in [0.5, 0.6) is 0 Å². The molecule has 1 N–H and O–H groups in total. The summed E-state index contributed by atoms with van der Waals surface area (Å²) in [6, 6.07) is 7.95. The van der Waals surface area contributed by atoms with Gasteiger partial charge < -0.3 is 19.7 Å². The molecule has 7 heteroatoms. The summed E-state index contributed by atoms with van der Waals surface area (Å²) in [5.41, 5.74) is 4.15. The van der Waals surface area contributed by atoms with Crippen LogP contribution in [0.25, 0.3) is 0 Å². The molecule has 1 aliphatic heterocycles. The van der Waals surface area contributed by atoms with Gasteiger partial charge in [-0.15, -0.1) is 0 Å². The van der Waals surface area contributed by atoms with Crippen LogP contribution in [-0.4, -0.2) is 44.0 Å². The second kappa shape index (κ2) is 10.5. The predicted molar refractivity (Wildman–Crippen MR) is 131 cm³/mol. The maximum Gasteiger partial charge on any atom is 0.337 e. The van der Waals surface area contributed by atoms with E-state index in [2.05, 4.69) is 24.1 Å². The van der Waals surface area contributed by atoms with Gasteiger partial charge in [-0.3, -0.25) is 9.59 Å². The number of carbonyl (C=O) groups excluding carboxylic acids is 3. The molecule has 34 heavy (non-hydrogen) atoms. The third kappa shape index (κ3) is 4.74. The number of benzene rings is 1. The normalized spacial score (nSPS) is 22.4. The summed E-state index contributed by atoms with van der Waals surface area (Å²) < 4.78 is 10.5. The lowest BCUT2D eigenvalue weighted by molar-refractivity contribution is -0.151. The maximum absolute atomic E-state index is 13.7. The van der Waals surface area contributed by atoms with E-state index in [0.717, 1.165) is 30.0 Å². The minimum atomic E-state index is -0.899. The first-order valence-electron chi connectivity index (χ1n) is 12.0. The molecule has 0 aromatic heterocycles. The third-order valence-electron chi connectivity index (χ3n) is 6.66. The zero-order valence-corrected chi connectivity index (χ0v) is 21.2. The fraction of sp³-hybridized carbons (Fsp3) is 0.519. The summed E-state index contributed by atoms with van der Waals surface area (Å²) in [5, 5.41) is 3.29. The first-order valence-corrected chi connectivity index (χ1v) is 12.0. The number of rotatable bonds is 7. The molecular weight excluding hydrogens is 432 g/mol. The van der Waals surface area contributed by atoms with Crippen molar-refractivity contribution in [2.45, 2.75) is 60.0 Å². The van der Waals surface area contributed by atoms with Gasteiger partial charge in [-0.1, -0.05) is 19.1 Å². The SMILES string of the molecule is CCN(CC)c1ccc(C2C(C(=O)OC(C)C)=C(C)NC3=C2C(=O)C(C(=O)OC)C(C)C3)cc1. The monoisotopic (exact) mass is 468 g/mol. The molecule has 0 saturated heterocycles. The molecule has 0 fully saturated rings. The highest BCUT2D eigenvalue weighted by atomic mass is 16.5. The molecule has 2 aliphatic rings. The molecule has 0 spiro atoms. The van der Waals surface area contributed by atoms with Crippen molar-refractivity contribution < 1.29 is 23.9 Å². The molecule has 0 saturated carbocycles. The van der Waals surface area contributed by atoms with Crippen molar-refractivity contribution in [2.75, 3.05) is 25.1 Å². The Balaban J connectivity index is 2.15. The minimum Gasteiger partial charge on any atom is -0.468 e. The summed E-state index contributed by atoms with van der Waals surface area (Å²) in [5.74, 6) is -3.05. The van der Waals surface area contributed by atoms with Gasteiger partial charge >= 0.3 is 11.9 Å². The number of nitrogens with zero attached hydrogens (tertiary/aromatic N) is 1. The van der Waals surface area contributed by atoms with E-state index in [1.54, 1.807) is 13.8 Å². The van der Waals surface area contributed by atoms with Crippen molar-refractivity contribution in [1.29, 1.82) is 0 Å². The Labute approximate surface area is 202 Å². The van der Waals surface area contributed by atoms with Gasteiger partial charge in [0.15, 0.2) is 5.78 Å². The first kappa shape index (κ1) is 25.5. The number of hydrogen-bond acceptors (Lipinski definition) is 7. The molecule has 3 unspecified atom stereocenters. The Morgan fingerprint density at radius 2 is 1.76 bits per heavy atom. The van der Waals surface area contributed by atoms with E-state index in [0.29, 0.717) is 23.3 Å². The standard InChI is InChI=1S/C27H36N2O5/c1-8-29(9-2)19-12-10-18(11-13-19)23-22(27(32)34-15(3)4)17(6)28-20-14-16(5)21(26(31)33-7)25(30)24(20)23/h10-13,15-16,21,23,28H,8-9,14H2,1-7H3. The molecule has 7 nitrogen and oxygen atoms in total. The van der Waals surface area contributed by atoms with Crippen LogP contribution in [0.2, 0.25) is 0 Å². The summed E-state index contributed by atoms with van der Waals surface area (Å²) in [7, 11) is 1.30. The number of anilines is 1. The van der Waals surface area contributed by atoms with E-state index in [4.69, 9.17) is 9.47 Å². The van der Waals surface area contributed by atoms with Gasteiger partial charge in [0.25, 0.3) is 0 Å². The Hall–Kier alpha value is -3.09. The first-order chi connectivity index (χ1) is 16.1. The molecule has 1 aromatic carbocycles. The maximum atomic E-state index is 13.7. The number of carbonyl (C=O) groups is 3. The van der Waals surface area contributed by atoms with Gasteiger partial charge in [0, 0.05) is 41.7 Å². The Kier molecular flexibility index (Phi) is 7.85. The van der Waals surface area contributed by atoms with Gasteiger partial charge in [0.2, 0.25) is 0 Å². The van der Waals surface area contributed by atoms with Crippen molar-refractivity contribution in [3.05, 3.63) is 52.4 Å². The largest absolute Gasteiger partial charge is 0.468 e. The minimum absolute atomic E-state index is 0.214. The summed E-state index contributed by atoms with van der Waals surface area (Å²) >= 11 is 0. The average molecular weight is 469 g/mol. The van der Waals surface area contributed by atoms with Crippen LogP contribution in [0, 0.1) is 11.8 Å². The smallest absolute Gasteiger partial charge is 0.337 e. The number of esters is 2. The molecule has 1 aliphatic carbocycles. The van der Waals surface area contributed by atoms with Crippen molar-refractivity contribution >= 4 is 23.4 Å². The average Bonchev–Trinajstić information content (AvgIpc) is 2.78. The van der Waals surface area contributed by atoms with E-state index in [1.807, 2.05) is 38.1 Å². The zero-order valence-electron chi connectivity index (χ0n) is 21.2. The van der Waals surface area contributed by atoms with E-state index < -0.39 is 23.8 Å². The molecular formula is C27H36N2O5. The Morgan fingerprint density at radius 3 is 2.29 bits per heavy atom. The molecule has 0 radical (unpaired) electrons. The highest BCUT2D eigenvalue weighted by molar-refractivity contribution is 6.12. The lowest BCUT2D eigenvalue weighted by atomic mass is 9.69. The number of methoxy groups -OCH3 is 1. The van der Waals surface area contributed by atoms with Crippen LogP contribution < -0.4 is 10.2 Å². The number of nitrogens with one attached hydrogen (secondary N) is 1. The second-order valence-electron chi connectivity index (χ2n) is 9.25. The van der Waals surface area contributed by atoms with Crippen molar-refractivity contribution in [1.82, 2.24) is 5.32 Å². The number of dihydropyridines is 1. The number of hydrogen-bond donors (Lipinski definition) is 1. The van der Waals surface area contributed by atoms with E-state index in [-0.39, 0.29) is 17.8 Å². The number of ketones is 1. The topological polar surface area (TPSA) is 84.9 Å². The highest BCUT2D eigenvalue weighted by Crippen LogP contribution is 2.45. The fourth-order valence-corrected chi connectivity index (χ4v) is 5.03. The van der Waals surface area contributed by atoms with Crippen LogP contribution in [0.3, 0.4) is 0 Å². The molecule has 1 heterocycles. The Bertz CT molecular complexity index is 1020. The summed E-state index contributed by atoms with van der Waals surface area (Å²) in [6.07, 6.45) is 0.206. The van der Waals surface area contributed by atoms with E-state index in [9.17, 15) is 14.4 Å². The van der Waals surface area contributed by atoms with Crippen molar-refractivity contribution in [3.63, 3.8) is 0 Å². The summed E-state index contributed by atoms with van der Waals surface area (Å²) in [4.78, 5) is 41.7. The lowest BCUT2D eigenvalue weighted by Crippen LogP contribution is -2.43. The van der Waals surface area contributed by atoms with Crippen LogP contribution in [0.1, 0.15) is 59.4 Å². The van der Waals surface area contributed by atoms with Gasteiger partial charge in [-0.05, 0) is 64.7 Å². The van der Waals surface area contributed by atoms with Gasteiger partial charge in [0.05, 0.1) is 18.8 Å². The predicted octanol–water partition coefficient (Wildman–Crippen LogP) is 4.10. The summed E-state index contributed by atoms with van der Waals surface area (Å²) in [6.45, 7) is 13.2. The van der Waals surface area contributed by atoms with Crippen LogP contribution in [0.4, 0.5) is 5.69 Å². The lowest BCUT2D eigenvalue weighted by Gasteiger charge is -2.38. The molecule has 1 aromatic rings. The fourth-order valence-electron chi connectivity index (χ4n) is 5.03. The highest BCUT2D eigenvalue weighted by Gasteiger charge is 2.47. The number of Topliss-reactive ketones (excluding diaryl/α,β-unsaturated/α-hetero) is 1. The van der Waals surface area contributed by atoms with Gasteiger partial charge in [-0.2, -0.15) is 0 Å². The van der Waals surface area contributed by atoms with Crippen molar-refractivity contribution in [3.8, 4) is 0 Å². The quantitative estimate of drug-likeness (QED) is 0.476. The second-order valence-corrected chi connectivity index (χ2v) is 9.25. The van der Waals surface area contributed by atoms with Gasteiger partial charge in [-0.25, -0.2) is 4.79 Å². The Morgan fingerprint density at radius 1 is 1.15 bits per heavy atom. The van der Waals surface area contributed by atoms with Crippen LogP contribution in [-0.2, 0) is 23.9 Å². The molecule has 0 bridgehead atoms. The van der Waals surface area contributed by atoms with Crippen molar-refractivity contribution in [2.24, 2.45) is 11.8 Å². The molecule has 184 valence electrons. The third-order valence-corrected chi connectivity index (χ3v) is 6.66. The molecule has 3 rings (SSSR count). The molecule has 3 atom stereocenters. The van der Waals surface area contributed by atoms with E-state index >= 15 is 0 Å². The molecule has 0 amide bonds. The number of allylic oxidation sites excluding steroid dienone is 3. The van der Waals surface area contributed by atoms with Crippen LogP contribution >= 0.6 is 0 Å². The van der Waals surface area contributed by atoms with E-state index in [1.165, 1.54) is 7.11 Å². The van der Waals surface area contributed by atoms with Gasteiger partial charge in [0.1, 0.15) is 5.92 Å².